The van der Waals surface area contributed by atoms with Crippen LogP contribution in [0, 0.1) is 0 Å². The normalized spacial score (nSPS) is 13.1. The van der Waals surface area contributed by atoms with Gasteiger partial charge in [0.2, 0.25) is 0 Å². The van der Waals surface area contributed by atoms with Crippen molar-refractivity contribution in [2.45, 2.75) is 25.8 Å². The van der Waals surface area contributed by atoms with E-state index < -0.39 is 0 Å². The van der Waals surface area contributed by atoms with Crippen LogP contribution >= 0.6 is 11.3 Å². The number of aromatic nitrogens is 1. The Morgan fingerprint density at radius 2 is 2.54 bits per heavy atom. The van der Waals surface area contributed by atoms with E-state index in [1.165, 1.54) is 0 Å². The second kappa shape index (κ2) is 6.05. The van der Waals surface area contributed by atoms with Gasteiger partial charge in [-0.15, -0.1) is 11.3 Å². The molecule has 0 saturated carbocycles. The molecule has 13 heavy (non-hydrogen) atoms. The Hall–Kier alpha value is -0.480. The Bertz CT molecular complexity index is 213. The number of thiazole rings is 1. The first-order valence-corrected chi connectivity index (χ1v) is 5.45. The number of hydrogen-bond donors (Lipinski definition) is 1. The summed E-state index contributed by atoms with van der Waals surface area (Å²) in [6.07, 6.45) is 3.39. The van der Waals surface area contributed by atoms with Gasteiger partial charge >= 0.3 is 0 Å². The Labute approximate surface area is 82.2 Å². The van der Waals surface area contributed by atoms with Crippen LogP contribution in [0.15, 0.2) is 11.6 Å². The highest BCUT2D eigenvalue weighted by molar-refractivity contribution is 7.09. The molecule has 0 fully saturated rings. The molecule has 1 heterocycles. The highest BCUT2D eigenvalue weighted by Gasteiger charge is 2.09. The van der Waals surface area contributed by atoms with E-state index in [0.29, 0.717) is 12.5 Å². The molecular weight excluding hydrogens is 187 g/mol. The standard InChI is InChI=1S/C9H15FN2S/c1-2-8(11-5-3-4-10)9-12-6-7-13-9/h6-8,11H,2-5H2,1H3. The van der Waals surface area contributed by atoms with Crippen LogP contribution in [0.1, 0.15) is 30.8 Å². The number of rotatable bonds is 6. The molecule has 2 nitrogen and oxygen atoms in total. The summed E-state index contributed by atoms with van der Waals surface area (Å²) in [4.78, 5) is 4.23. The molecule has 0 saturated heterocycles. The van der Waals surface area contributed by atoms with Gasteiger partial charge in [-0.05, 0) is 19.4 Å². The first kappa shape index (κ1) is 10.6. The summed E-state index contributed by atoms with van der Waals surface area (Å²) in [6, 6.07) is 0.298. The van der Waals surface area contributed by atoms with E-state index in [2.05, 4.69) is 17.2 Å². The Morgan fingerprint density at radius 1 is 1.69 bits per heavy atom. The van der Waals surface area contributed by atoms with E-state index in [1.54, 1.807) is 17.5 Å². The fourth-order valence-electron chi connectivity index (χ4n) is 1.16. The SMILES string of the molecule is CCC(NCCCF)c1nccs1. The lowest BCUT2D eigenvalue weighted by Crippen LogP contribution is -2.22. The largest absolute Gasteiger partial charge is 0.308 e. The van der Waals surface area contributed by atoms with Crippen molar-refractivity contribution in [3.05, 3.63) is 16.6 Å². The predicted octanol–water partition coefficient (Wildman–Crippen LogP) is 2.54. The molecule has 1 unspecified atom stereocenters. The minimum absolute atomic E-state index is 0.249. The molecule has 0 radical (unpaired) electrons. The van der Waals surface area contributed by atoms with Gasteiger partial charge in [0, 0.05) is 11.6 Å². The second-order valence-electron chi connectivity index (χ2n) is 2.83. The minimum Gasteiger partial charge on any atom is -0.308 e. The van der Waals surface area contributed by atoms with Crippen LogP contribution in [0.2, 0.25) is 0 Å². The van der Waals surface area contributed by atoms with Crippen LogP contribution in [-0.4, -0.2) is 18.2 Å². The fraction of sp³-hybridized carbons (Fsp3) is 0.667. The van der Waals surface area contributed by atoms with Crippen LogP contribution < -0.4 is 5.32 Å². The third-order valence-corrected chi connectivity index (χ3v) is 2.75. The van der Waals surface area contributed by atoms with Crippen molar-refractivity contribution >= 4 is 11.3 Å². The van der Waals surface area contributed by atoms with E-state index in [1.807, 2.05) is 5.38 Å². The van der Waals surface area contributed by atoms with Crippen molar-refractivity contribution in [3.63, 3.8) is 0 Å². The lowest BCUT2D eigenvalue weighted by Gasteiger charge is -2.13. The molecule has 74 valence electrons. The molecule has 0 aromatic carbocycles. The monoisotopic (exact) mass is 202 g/mol. The summed E-state index contributed by atoms with van der Waals surface area (Å²) in [7, 11) is 0. The minimum atomic E-state index is -0.249. The summed E-state index contributed by atoms with van der Waals surface area (Å²) < 4.78 is 11.8. The van der Waals surface area contributed by atoms with E-state index in [0.717, 1.165) is 18.0 Å². The third-order valence-electron chi connectivity index (χ3n) is 1.86. The molecule has 1 atom stereocenters. The van der Waals surface area contributed by atoms with Crippen molar-refractivity contribution in [1.29, 1.82) is 0 Å². The molecule has 0 aliphatic heterocycles. The lowest BCUT2D eigenvalue weighted by molar-refractivity contribution is 0.434. The molecule has 1 aromatic heterocycles. The van der Waals surface area contributed by atoms with E-state index >= 15 is 0 Å². The maximum atomic E-state index is 11.8. The summed E-state index contributed by atoms with van der Waals surface area (Å²) in [5.41, 5.74) is 0. The van der Waals surface area contributed by atoms with Gasteiger partial charge < -0.3 is 5.32 Å². The quantitative estimate of drug-likeness (QED) is 0.717. The van der Waals surface area contributed by atoms with Gasteiger partial charge in [-0.1, -0.05) is 6.92 Å². The lowest BCUT2D eigenvalue weighted by atomic mass is 10.2. The first-order chi connectivity index (χ1) is 6.38. The molecule has 0 aliphatic carbocycles. The van der Waals surface area contributed by atoms with E-state index in [9.17, 15) is 4.39 Å². The number of halogens is 1. The average Bonchev–Trinajstić information content (AvgIpc) is 2.65. The Balaban J connectivity index is 2.35. The molecule has 1 N–H and O–H groups in total. The van der Waals surface area contributed by atoms with Gasteiger partial charge in [-0.2, -0.15) is 0 Å². The topological polar surface area (TPSA) is 24.9 Å². The summed E-state index contributed by atoms with van der Waals surface area (Å²) in [5.74, 6) is 0. The van der Waals surface area contributed by atoms with E-state index in [4.69, 9.17) is 0 Å². The number of hydrogen-bond acceptors (Lipinski definition) is 3. The van der Waals surface area contributed by atoms with Crippen molar-refractivity contribution in [3.8, 4) is 0 Å². The molecule has 0 amide bonds. The zero-order valence-corrected chi connectivity index (χ0v) is 8.61. The fourth-order valence-corrected chi connectivity index (χ4v) is 1.95. The molecule has 0 bridgehead atoms. The maximum absolute atomic E-state index is 11.8. The van der Waals surface area contributed by atoms with Gasteiger partial charge in [0.25, 0.3) is 0 Å². The van der Waals surface area contributed by atoms with Gasteiger partial charge in [0.05, 0.1) is 12.7 Å². The van der Waals surface area contributed by atoms with Gasteiger partial charge in [-0.3, -0.25) is 4.39 Å². The van der Waals surface area contributed by atoms with Crippen LogP contribution in [0.5, 0.6) is 0 Å². The predicted molar refractivity (Wildman–Crippen MR) is 53.7 cm³/mol. The number of nitrogens with one attached hydrogen (secondary N) is 1. The van der Waals surface area contributed by atoms with Gasteiger partial charge in [0.15, 0.2) is 0 Å². The summed E-state index contributed by atoms with van der Waals surface area (Å²) >= 11 is 1.65. The van der Waals surface area contributed by atoms with Crippen molar-refractivity contribution in [2.24, 2.45) is 0 Å². The van der Waals surface area contributed by atoms with Crippen LogP contribution in [0.3, 0.4) is 0 Å². The summed E-state index contributed by atoms with van der Waals surface area (Å²) in [6.45, 7) is 2.59. The molecule has 0 aliphatic rings. The second-order valence-corrected chi connectivity index (χ2v) is 3.75. The molecule has 0 spiro atoms. The third kappa shape index (κ3) is 3.40. The molecule has 4 heteroatoms. The zero-order valence-electron chi connectivity index (χ0n) is 7.79. The first-order valence-electron chi connectivity index (χ1n) is 4.57. The van der Waals surface area contributed by atoms with Gasteiger partial charge in [0.1, 0.15) is 5.01 Å². The molecule has 1 aromatic rings. The van der Waals surface area contributed by atoms with E-state index in [-0.39, 0.29) is 6.67 Å². The maximum Gasteiger partial charge on any atom is 0.109 e. The van der Waals surface area contributed by atoms with Crippen LogP contribution in [0.4, 0.5) is 4.39 Å². The van der Waals surface area contributed by atoms with Crippen molar-refractivity contribution in [2.75, 3.05) is 13.2 Å². The summed E-state index contributed by atoms with van der Waals surface area (Å²) in [5, 5.41) is 6.35. The smallest absolute Gasteiger partial charge is 0.109 e. The van der Waals surface area contributed by atoms with Crippen molar-refractivity contribution in [1.82, 2.24) is 10.3 Å². The molecular formula is C9H15FN2S. The Morgan fingerprint density at radius 3 is 3.08 bits per heavy atom. The molecule has 1 rings (SSSR count). The van der Waals surface area contributed by atoms with Crippen molar-refractivity contribution < 1.29 is 4.39 Å². The van der Waals surface area contributed by atoms with Crippen LogP contribution in [0.25, 0.3) is 0 Å². The Kier molecular flexibility index (Phi) is 4.93. The highest BCUT2D eigenvalue weighted by atomic mass is 32.1. The highest BCUT2D eigenvalue weighted by Crippen LogP contribution is 2.18. The van der Waals surface area contributed by atoms with Gasteiger partial charge in [-0.25, -0.2) is 4.98 Å². The average molecular weight is 202 g/mol. The van der Waals surface area contributed by atoms with Crippen LogP contribution in [-0.2, 0) is 0 Å². The zero-order chi connectivity index (χ0) is 9.52. The number of alkyl halides is 1. The number of nitrogens with zero attached hydrogens (tertiary/aromatic N) is 1.